The van der Waals surface area contributed by atoms with Crippen LogP contribution in [-0.2, 0) is 0 Å². The zero-order valence-electron chi connectivity index (χ0n) is 7.30. The quantitative estimate of drug-likeness (QED) is 0.813. The number of nitriles is 1. The van der Waals surface area contributed by atoms with Gasteiger partial charge in [-0.1, -0.05) is 23.2 Å². The average molecular weight is 230 g/mol. The van der Waals surface area contributed by atoms with Crippen LogP contribution < -0.4 is 11.5 Å². The molecule has 0 spiro atoms. The first-order valence-corrected chi connectivity index (χ1v) is 4.70. The van der Waals surface area contributed by atoms with Gasteiger partial charge in [-0.3, -0.25) is 0 Å². The molecule has 0 radical (unpaired) electrons. The predicted octanol–water partition coefficient (Wildman–Crippen LogP) is 1.82. The van der Waals surface area contributed by atoms with Crippen molar-refractivity contribution in [1.29, 1.82) is 5.26 Å². The lowest BCUT2D eigenvalue weighted by Crippen LogP contribution is -2.22. The Morgan fingerprint density at radius 1 is 1.43 bits per heavy atom. The van der Waals surface area contributed by atoms with E-state index in [-0.39, 0.29) is 6.54 Å². The molecule has 14 heavy (non-hydrogen) atoms. The molecule has 0 aliphatic rings. The second kappa shape index (κ2) is 4.63. The summed E-state index contributed by atoms with van der Waals surface area (Å²) in [7, 11) is 0. The first-order valence-electron chi connectivity index (χ1n) is 3.94. The van der Waals surface area contributed by atoms with Crippen LogP contribution in [0.1, 0.15) is 17.2 Å². The molecule has 0 aliphatic carbocycles. The first-order chi connectivity index (χ1) is 6.60. The van der Waals surface area contributed by atoms with Crippen molar-refractivity contribution in [3.63, 3.8) is 0 Å². The van der Waals surface area contributed by atoms with Crippen molar-refractivity contribution in [1.82, 2.24) is 0 Å². The predicted molar refractivity (Wildman–Crippen MR) is 57.2 cm³/mol. The second-order valence-corrected chi connectivity index (χ2v) is 3.65. The molecule has 1 aromatic carbocycles. The molecule has 1 aromatic rings. The summed E-state index contributed by atoms with van der Waals surface area (Å²) in [5.74, 6) is 0. The number of halogens is 2. The topological polar surface area (TPSA) is 75.8 Å². The van der Waals surface area contributed by atoms with Gasteiger partial charge in [-0.25, -0.2) is 0 Å². The highest BCUT2D eigenvalue weighted by Crippen LogP contribution is 2.28. The normalized spacial score (nSPS) is 12.2. The molecule has 0 heterocycles. The Kier molecular flexibility index (Phi) is 3.73. The van der Waals surface area contributed by atoms with Gasteiger partial charge in [0.15, 0.2) is 0 Å². The minimum atomic E-state index is -0.436. The van der Waals surface area contributed by atoms with Gasteiger partial charge in [-0.15, -0.1) is 0 Å². The summed E-state index contributed by atoms with van der Waals surface area (Å²) >= 11 is 11.7. The molecule has 0 saturated heterocycles. The second-order valence-electron chi connectivity index (χ2n) is 2.80. The number of rotatable bonds is 2. The summed E-state index contributed by atoms with van der Waals surface area (Å²) in [5.41, 5.74) is 12.1. The maximum absolute atomic E-state index is 8.85. The van der Waals surface area contributed by atoms with Crippen LogP contribution in [0.3, 0.4) is 0 Å². The van der Waals surface area contributed by atoms with Crippen molar-refractivity contribution >= 4 is 23.2 Å². The van der Waals surface area contributed by atoms with Gasteiger partial charge in [0, 0.05) is 28.2 Å². The lowest BCUT2D eigenvalue weighted by atomic mass is 10.0. The summed E-state index contributed by atoms with van der Waals surface area (Å²) in [6.45, 7) is 0.232. The molecule has 0 aromatic heterocycles. The minimum absolute atomic E-state index is 0.232. The van der Waals surface area contributed by atoms with Crippen LogP contribution in [0.5, 0.6) is 0 Å². The Morgan fingerprint density at radius 2 is 2.07 bits per heavy atom. The fraction of sp³-hybridized carbons (Fsp3) is 0.222. The summed E-state index contributed by atoms with van der Waals surface area (Å²) in [4.78, 5) is 0. The molecule has 1 rings (SSSR count). The van der Waals surface area contributed by atoms with Gasteiger partial charge >= 0.3 is 0 Å². The van der Waals surface area contributed by atoms with Crippen LogP contribution in [0.25, 0.3) is 0 Å². The van der Waals surface area contributed by atoms with E-state index in [4.69, 9.17) is 39.9 Å². The van der Waals surface area contributed by atoms with E-state index in [1.54, 1.807) is 6.07 Å². The molecule has 4 N–H and O–H groups in total. The highest BCUT2D eigenvalue weighted by atomic mass is 35.5. The number of nitrogens with zero attached hydrogens (tertiary/aromatic N) is 1. The van der Waals surface area contributed by atoms with E-state index in [9.17, 15) is 0 Å². The molecular weight excluding hydrogens is 221 g/mol. The van der Waals surface area contributed by atoms with Crippen LogP contribution in [0, 0.1) is 11.3 Å². The fourth-order valence-corrected chi connectivity index (χ4v) is 1.81. The van der Waals surface area contributed by atoms with E-state index in [0.29, 0.717) is 21.2 Å². The van der Waals surface area contributed by atoms with E-state index >= 15 is 0 Å². The Hall–Kier alpha value is -0.790. The van der Waals surface area contributed by atoms with Crippen LogP contribution in [0.2, 0.25) is 10.0 Å². The largest absolute Gasteiger partial charge is 0.329 e. The van der Waals surface area contributed by atoms with Crippen molar-refractivity contribution in [3.05, 3.63) is 33.3 Å². The molecule has 0 unspecified atom stereocenters. The smallest absolute Gasteiger partial charge is 0.0996 e. The maximum Gasteiger partial charge on any atom is 0.0996 e. The van der Waals surface area contributed by atoms with Gasteiger partial charge in [0.05, 0.1) is 11.6 Å². The Balaban J connectivity index is 3.34. The van der Waals surface area contributed by atoms with E-state index in [1.807, 2.05) is 6.07 Å². The number of benzene rings is 1. The van der Waals surface area contributed by atoms with Gasteiger partial charge < -0.3 is 11.5 Å². The van der Waals surface area contributed by atoms with Gasteiger partial charge in [0.1, 0.15) is 0 Å². The highest BCUT2D eigenvalue weighted by Gasteiger charge is 2.14. The zero-order valence-corrected chi connectivity index (χ0v) is 8.81. The van der Waals surface area contributed by atoms with E-state index in [0.717, 1.165) is 0 Å². The molecule has 74 valence electrons. The van der Waals surface area contributed by atoms with E-state index < -0.39 is 6.04 Å². The molecule has 0 saturated carbocycles. The molecule has 0 aliphatic heterocycles. The molecule has 0 fully saturated rings. The molecule has 3 nitrogen and oxygen atoms in total. The number of hydrogen-bond donors (Lipinski definition) is 2. The summed E-state index contributed by atoms with van der Waals surface area (Å²) < 4.78 is 0. The summed E-state index contributed by atoms with van der Waals surface area (Å²) in [5, 5.41) is 9.65. The third kappa shape index (κ3) is 2.17. The number of hydrogen-bond acceptors (Lipinski definition) is 3. The highest BCUT2D eigenvalue weighted by molar-refractivity contribution is 6.35. The molecule has 1 atom stereocenters. The third-order valence-electron chi connectivity index (χ3n) is 1.84. The lowest BCUT2D eigenvalue weighted by Gasteiger charge is -2.13. The van der Waals surface area contributed by atoms with Crippen molar-refractivity contribution in [2.75, 3.05) is 6.54 Å². The van der Waals surface area contributed by atoms with Crippen LogP contribution in [0.4, 0.5) is 0 Å². The van der Waals surface area contributed by atoms with Crippen LogP contribution >= 0.6 is 23.2 Å². The van der Waals surface area contributed by atoms with Crippen LogP contribution in [0.15, 0.2) is 12.1 Å². The average Bonchev–Trinajstić information content (AvgIpc) is 2.15. The first kappa shape index (κ1) is 11.3. The lowest BCUT2D eigenvalue weighted by molar-refractivity contribution is 0.735. The molecule has 0 amide bonds. The maximum atomic E-state index is 8.85. The molecule has 0 bridgehead atoms. The fourth-order valence-electron chi connectivity index (χ4n) is 1.17. The van der Waals surface area contributed by atoms with Crippen molar-refractivity contribution in [3.8, 4) is 6.07 Å². The van der Waals surface area contributed by atoms with Crippen molar-refractivity contribution in [2.45, 2.75) is 6.04 Å². The molecule has 5 heteroatoms. The van der Waals surface area contributed by atoms with E-state index in [2.05, 4.69) is 0 Å². The van der Waals surface area contributed by atoms with Gasteiger partial charge in [-0.05, 0) is 12.1 Å². The van der Waals surface area contributed by atoms with Crippen molar-refractivity contribution in [2.24, 2.45) is 11.5 Å². The Morgan fingerprint density at radius 3 is 2.57 bits per heavy atom. The van der Waals surface area contributed by atoms with Crippen LogP contribution in [-0.4, -0.2) is 6.54 Å². The molecular formula is C9H9Cl2N3. The standard InChI is InChI=1S/C9H9Cl2N3/c10-6-1-5(3-12)9(7(11)2-6)8(14)4-13/h1-2,8H,4,13-14H2/t8-/m0/s1. The Bertz CT molecular complexity index is 384. The van der Waals surface area contributed by atoms with Crippen molar-refractivity contribution < 1.29 is 0 Å². The van der Waals surface area contributed by atoms with E-state index in [1.165, 1.54) is 6.07 Å². The minimum Gasteiger partial charge on any atom is -0.329 e. The zero-order chi connectivity index (χ0) is 10.7. The van der Waals surface area contributed by atoms with Gasteiger partial charge in [0.25, 0.3) is 0 Å². The Labute approximate surface area is 92.2 Å². The van der Waals surface area contributed by atoms with Gasteiger partial charge in [0.2, 0.25) is 0 Å². The monoisotopic (exact) mass is 229 g/mol. The third-order valence-corrected chi connectivity index (χ3v) is 2.37. The summed E-state index contributed by atoms with van der Waals surface area (Å²) in [6, 6.07) is 4.63. The van der Waals surface area contributed by atoms with Gasteiger partial charge in [-0.2, -0.15) is 5.26 Å². The SMILES string of the molecule is N#Cc1cc(Cl)cc(Cl)c1[C@@H](N)CN. The number of nitrogens with two attached hydrogens (primary N) is 2. The summed E-state index contributed by atoms with van der Waals surface area (Å²) in [6.07, 6.45) is 0.